The second-order valence-electron chi connectivity index (χ2n) is 13.5. The Balaban J connectivity index is 1.44. The number of hydrogen-bond acceptors (Lipinski definition) is 2. The number of esters is 1. The molecule has 34 heavy (non-hydrogen) atoms. The highest BCUT2D eigenvalue weighted by Crippen LogP contribution is 2.67. The van der Waals surface area contributed by atoms with E-state index in [4.69, 9.17) is 4.74 Å². The van der Waals surface area contributed by atoms with Crippen LogP contribution in [0.4, 0.5) is 0 Å². The van der Waals surface area contributed by atoms with Gasteiger partial charge in [0.15, 0.2) is 0 Å². The molecule has 0 radical (unpaired) electrons. The lowest BCUT2D eigenvalue weighted by atomic mass is 9.47. The summed E-state index contributed by atoms with van der Waals surface area (Å²) in [6.45, 7) is 16.3. The molecule has 0 spiro atoms. The van der Waals surface area contributed by atoms with Gasteiger partial charge in [0.05, 0.1) is 0 Å². The minimum atomic E-state index is -0.127. The second kappa shape index (κ2) is 10.1. The molecule has 3 saturated carbocycles. The minimum absolute atomic E-state index is 0.0645. The van der Waals surface area contributed by atoms with E-state index in [-0.39, 0.29) is 12.1 Å². The quantitative estimate of drug-likeness (QED) is 0.212. The number of ether oxygens (including phenoxy) is 1. The van der Waals surface area contributed by atoms with Crippen LogP contribution in [0.2, 0.25) is 0 Å². The molecule has 0 aromatic carbocycles. The molecule has 0 aromatic heterocycles. The number of allylic oxidation sites excluding steroid dienone is 2. The van der Waals surface area contributed by atoms with Crippen LogP contribution in [0.25, 0.3) is 0 Å². The lowest BCUT2D eigenvalue weighted by molar-refractivity contribution is -0.146. The molecule has 0 unspecified atom stereocenters. The topological polar surface area (TPSA) is 26.3 Å². The van der Waals surface area contributed by atoms with Gasteiger partial charge in [0.1, 0.15) is 6.10 Å². The van der Waals surface area contributed by atoms with Crippen molar-refractivity contribution in [1.29, 1.82) is 0 Å². The Labute approximate surface area is 210 Å². The maximum absolute atomic E-state index is 12.3. The van der Waals surface area contributed by atoms with Crippen molar-refractivity contribution < 1.29 is 9.53 Å². The summed E-state index contributed by atoms with van der Waals surface area (Å²) in [5.74, 6) is 5.11. The zero-order valence-corrected chi connectivity index (χ0v) is 23.3. The van der Waals surface area contributed by atoms with Crippen molar-refractivity contribution in [2.75, 3.05) is 0 Å². The van der Waals surface area contributed by atoms with Gasteiger partial charge < -0.3 is 4.74 Å². The van der Waals surface area contributed by atoms with E-state index >= 15 is 0 Å². The SMILES string of the molecule is C/C=C(\C)C(=O)O[C@H]1CC[C@@]2(C)C(=CC[C@@H]3[C@H]4CC[C@@H]([C@H](C)CCCC(C)C)[C@@]4(C)CC[C@H]32)C1. The van der Waals surface area contributed by atoms with E-state index < -0.39 is 0 Å². The molecule has 0 heterocycles. The molecule has 4 rings (SSSR count). The fraction of sp³-hybridized carbons (Fsp3) is 0.844. The number of fused-ring (bicyclic) bond motifs is 5. The first-order valence-corrected chi connectivity index (χ1v) is 14.6. The van der Waals surface area contributed by atoms with E-state index in [0.717, 1.165) is 53.9 Å². The van der Waals surface area contributed by atoms with Gasteiger partial charge in [-0.3, -0.25) is 0 Å². The molecule has 4 aliphatic carbocycles. The number of carbonyl (C=O) groups is 1. The van der Waals surface area contributed by atoms with E-state index in [9.17, 15) is 4.79 Å². The molecule has 3 fully saturated rings. The molecule has 2 nitrogen and oxygen atoms in total. The Bertz CT molecular complexity index is 806. The van der Waals surface area contributed by atoms with Crippen LogP contribution in [-0.4, -0.2) is 12.1 Å². The van der Waals surface area contributed by atoms with E-state index in [0.29, 0.717) is 10.8 Å². The molecule has 0 N–H and O–H groups in total. The molecule has 0 saturated heterocycles. The van der Waals surface area contributed by atoms with Crippen LogP contribution in [0.3, 0.4) is 0 Å². The Morgan fingerprint density at radius 1 is 1.09 bits per heavy atom. The van der Waals surface area contributed by atoms with Crippen molar-refractivity contribution in [2.24, 2.45) is 46.3 Å². The summed E-state index contributed by atoms with van der Waals surface area (Å²) in [6, 6.07) is 0. The van der Waals surface area contributed by atoms with Crippen molar-refractivity contribution in [3.63, 3.8) is 0 Å². The Kier molecular flexibility index (Phi) is 7.76. The van der Waals surface area contributed by atoms with Crippen LogP contribution < -0.4 is 0 Å². The van der Waals surface area contributed by atoms with Crippen molar-refractivity contribution in [2.45, 2.75) is 125 Å². The van der Waals surface area contributed by atoms with E-state index in [2.05, 4.69) is 40.7 Å². The monoisotopic (exact) mass is 468 g/mol. The van der Waals surface area contributed by atoms with Crippen LogP contribution in [0, 0.1) is 46.3 Å². The average Bonchev–Trinajstić information content (AvgIpc) is 3.15. The van der Waals surface area contributed by atoms with Crippen molar-refractivity contribution in [3.05, 3.63) is 23.3 Å². The van der Waals surface area contributed by atoms with Crippen molar-refractivity contribution in [3.8, 4) is 0 Å². The normalized spacial score (nSPS) is 40.8. The number of rotatable bonds is 7. The zero-order chi connectivity index (χ0) is 24.7. The minimum Gasteiger partial charge on any atom is -0.459 e. The highest BCUT2D eigenvalue weighted by Gasteiger charge is 2.59. The molecule has 4 aliphatic rings. The molecule has 192 valence electrons. The summed E-state index contributed by atoms with van der Waals surface area (Å²) < 4.78 is 5.90. The highest BCUT2D eigenvalue weighted by atomic mass is 16.5. The average molecular weight is 469 g/mol. The largest absolute Gasteiger partial charge is 0.459 e. The third-order valence-corrected chi connectivity index (χ3v) is 11.3. The van der Waals surface area contributed by atoms with Crippen LogP contribution >= 0.6 is 0 Å². The Morgan fingerprint density at radius 2 is 1.85 bits per heavy atom. The van der Waals surface area contributed by atoms with Gasteiger partial charge in [-0.1, -0.05) is 71.6 Å². The smallest absolute Gasteiger partial charge is 0.333 e. The predicted molar refractivity (Wildman–Crippen MR) is 142 cm³/mol. The molecular formula is C32H52O2. The van der Waals surface area contributed by atoms with Crippen molar-refractivity contribution >= 4 is 5.97 Å². The molecule has 2 heteroatoms. The number of hydrogen-bond donors (Lipinski definition) is 0. The third-order valence-electron chi connectivity index (χ3n) is 11.3. The number of carbonyl (C=O) groups excluding carboxylic acids is 1. The first-order chi connectivity index (χ1) is 16.1. The molecule has 8 atom stereocenters. The summed E-state index contributed by atoms with van der Waals surface area (Å²) in [6.07, 6.45) is 18.9. The summed E-state index contributed by atoms with van der Waals surface area (Å²) in [5.41, 5.74) is 3.21. The van der Waals surface area contributed by atoms with Crippen LogP contribution in [0.5, 0.6) is 0 Å². The maximum atomic E-state index is 12.3. The highest BCUT2D eigenvalue weighted by molar-refractivity contribution is 5.87. The maximum Gasteiger partial charge on any atom is 0.333 e. The van der Waals surface area contributed by atoms with Gasteiger partial charge in [0.25, 0.3) is 0 Å². The van der Waals surface area contributed by atoms with Gasteiger partial charge in [-0.05, 0) is 105 Å². The molecular weight excluding hydrogens is 416 g/mol. The van der Waals surface area contributed by atoms with E-state index in [1.165, 1.54) is 57.8 Å². The standard InChI is InChI=1S/C32H52O2/c1-8-22(4)30(33)34-25-16-18-31(6)24(20-25)12-13-26-28-15-14-27(23(5)11-9-10-21(2)3)32(28,7)19-17-29(26)31/h8,12,21,23,25-29H,9-11,13-20H2,1-7H3/b22-8+/t23-,25+,26-,27+,28-,29-,31+,32-/m1/s1. The van der Waals surface area contributed by atoms with Gasteiger partial charge in [-0.15, -0.1) is 0 Å². The summed E-state index contributed by atoms with van der Waals surface area (Å²) in [7, 11) is 0. The fourth-order valence-corrected chi connectivity index (χ4v) is 9.11. The van der Waals surface area contributed by atoms with E-state index in [1.54, 1.807) is 5.57 Å². The predicted octanol–water partition coefficient (Wildman–Crippen LogP) is 8.91. The lowest BCUT2D eigenvalue weighted by Crippen LogP contribution is -2.51. The first-order valence-electron chi connectivity index (χ1n) is 14.6. The molecule has 0 bridgehead atoms. The third kappa shape index (κ3) is 4.69. The van der Waals surface area contributed by atoms with Crippen molar-refractivity contribution in [1.82, 2.24) is 0 Å². The Hall–Kier alpha value is -1.05. The molecule has 0 amide bonds. The van der Waals surface area contributed by atoms with Gasteiger partial charge in [-0.25, -0.2) is 4.79 Å². The second-order valence-corrected chi connectivity index (χ2v) is 13.5. The van der Waals surface area contributed by atoms with Gasteiger partial charge in [0, 0.05) is 12.0 Å². The van der Waals surface area contributed by atoms with Crippen LogP contribution in [0.1, 0.15) is 119 Å². The van der Waals surface area contributed by atoms with Gasteiger partial charge >= 0.3 is 5.97 Å². The summed E-state index contributed by atoms with van der Waals surface area (Å²) >= 11 is 0. The summed E-state index contributed by atoms with van der Waals surface area (Å²) in [5, 5.41) is 0. The van der Waals surface area contributed by atoms with Gasteiger partial charge in [0.2, 0.25) is 0 Å². The fourth-order valence-electron chi connectivity index (χ4n) is 9.11. The summed E-state index contributed by atoms with van der Waals surface area (Å²) in [4.78, 5) is 12.3. The van der Waals surface area contributed by atoms with Crippen LogP contribution in [-0.2, 0) is 9.53 Å². The van der Waals surface area contributed by atoms with Crippen LogP contribution in [0.15, 0.2) is 23.3 Å². The van der Waals surface area contributed by atoms with E-state index in [1.807, 2.05) is 19.9 Å². The molecule has 0 aromatic rings. The lowest BCUT2D eigenvalue weighted by Gasteiger charge is -2.58. The molecule has 0 aliphatic heterocycles. The Morgan fingerprint density at radius 3 is 2.56 bits per heavy atom. The van der Waals surface area contributed by atoms with Gasteiger partial charge in [-0.2, -0.15) is 0 Å². The first kappa shape index (κ1) is 26.0. The zero-order valence-electron chi connectivity index (χ0n) is 23.3.